The number of piperazine rings is 1. The molecule has 2 unspecified atom stereocenters. The normalized spacial score (nSPS) is 29.1. The Balaban J connectivity index is 0.00000162. The molecule has 2 saturated heterocycles. The Bertz CT molecular complexity index is 269. The highest BCUT2D eigenvalue weighted by atomic mass is 35.5. The van der Waals surface area contributed by atoms with Crippen molar-refractivity contribution in [2.45, 2.75) is 32.7 Å². The Morgan fingerprint density at radius 3 is 2.44 bits per heavy atom. The predicted octanol–water partition coefficient (Wildman–Crippen LogP) is 0.960. The first-order chi connectivity index (χ1) is 8.18. The van der Waals surface area contributed by atoms with E-state index in [1.54, 1.807) is 0 Å². The van der Waals surface area contributed by atoms with E-state index in [1.165, 1.54) is 6.42 Å². The Kier molecular flexibility index (Phi) is 6.39. The summed E-state index contributed by atoms with van der Waals surface area (Å²) in [7, 11) is 0. The second-order valence-corrected chi connectivity index (χ2v) is 5.42. The molecule has 0 aromatic carbocycles. The third-order valence-corrected chi connectivity index (χ3v) is 4.35. The summed E-state index contributed by atoms with van der Waals surface area (Å²) in [5.41, 5.74) is 0. The topological polar surface area (TPSA) is 35.6 Å². The molecule has 0 bridgehead atoms. The van der Waals surface area contributed by atoms with Gasteiger partial charge in [0.05, 0.1) is 0 Å². The predicted molar refractivity (Wildman–Crippen MR) is 76.1 cm³/mol. The van der Waals surface area contributed by atoms with Crippen molar-refractivity contribution in [2.24, 2.45) is 5.92 Å². The lowest BCUT2D eigenvalue weighted by atomic mass is 10.1. The van der Waals surface area contributed by atoms with Crippen LogP contribution in [-0.4, -0.2) is 61.0 Å². The molecule has 5 heteroatoms. The summed E-state index contributed by atoms with van der Waals surface area (Å²) in [5.74, 6) is 1.11. The van der Waals surface area contributed by atoms with Crippen molar-refractivity contribution in [3.8, 4) is 0 Å². The van der Waals surface area contributed by atoms with Crippen molar-refractivity contribution < 1.29 is 4.79 Å². The third kappa shape index (κ3) is 3.84. The smallest absolute Gasteiger partial charge is 0.223 e. The third-order valence-electron chi connectivity index (χ3n) is 4.35. The van der Waals surface area contributed by atoms with E-state index in [0.717, 1.165) is 45.2 Å². The van der Waals surface area contributed by atoms with Gasteiger partial charge in [0.15, 0.2) is 0 Å². The molecule has 0 aliphatic carbocycles. The number of likely N-dealkylation sites (tertiary alicyclic amines) is 1. The van der Waals surface area contributed by atoms with Gasteiger partial charge in [-0.05, 0) is 25.8 Å². The van der Waals surface area contributed by atoms with Gasteiger partial charge in [0.1, 0.15) is 0 Å². The maximum atomic E-state index is 12.0. The highest BCUT2D eigenvalue weighted by Crippen LogP contribution is 2.23. The van der Waals surface area contributed by atoms with E-state index < -0.39 is 0 Å². The van der Waals surface area contributed by atoms with Crippen molar-refractivity contribution >= 4 is 18.3 Å². The Morgan fingerprint density at radius 2 is 1.89 bits per heavy atom. The maximum Gasteiger partial charge on any atom is 0.223 e. The molecular formula is C13H26ClN3O. The van der Waals surface area contributed by atoms with Gasteiger partial charge >= 0.3 is 0 Å². The lowest BCUT2D eigenvalue weighted by Gasteiger charge is -2.29. The van der Waals surface area contributed by atoms with Crippen LogP contribution in [0, 0.1) is 5.92 Å². The van der Waals surface area contributed by atoms with Gasteiger partial charge in [-0.25, -0.2) is 0 Å². The van der Waals surface area contributed by atoms with E-state index in [4.69, 9.17) is 0 Å². The number of carbonyl (C=O) groups excluding carboxylic acids is 1. The number of nitrogens with zero attached hydrogens (tertiary/aromatic N) is 2. The van der Waals surface area contributed by atoms with Crippen LogP contribution in [0.1, 0.15) is 26.7 Å². The van der Waals surface area contributed by atoms with Crippen molar-refractivity contribution in [3.05, 3.63) is 0 Å². The van der Waals surface area contributed by atoms with Gasteiger partial charge in [-0.2, -0.15) is 0 Å². The van der Waals surface area contributed by atoms with E-state index in [-0.39, 0.29) is 12.4 Å². The first kappa shape index (κ1) is 15.7. The number of amides is 1. The van der Waals surface area contributed by atoms with Gasteiger partial charge in [0, 0.05) is 45.2 Å². The van der Waals surface area contributed by atoms with Crippen LogP contribution in [0.2, 0.25) is 0 Å². The average Bonchev–Trinajstić information content (AvgIpc) is 2.68. The summed E-state index contributed by atoms with van der Waals surface area (Å²) in [5, 5.41) is 3.28. The molecule has 0 radical (unpaired) electrons. The molecule has 2 aliphatic heterocycles. The molecule has 0 saturated carbocycles. The van der Waals surface area contributed by atoms with E-state index in [1.807, 2.05) is 4.90 Å². The molecule has 0 aromatic heterocycles. The van der Waals surface area contributed by atoms with Crippen molar-refractivity contribution in [1.82, 2.24) is 15.1 Å². The molecule has 18 heavy (non-hydrogen) atoms. The number of hydrogen-bond donors (Lipinski definition) is 1. The molecule has 2 fully saturated rings. The van der Waals surface area contributed by atoms with Crippen molar-refractivity contribution in [1.29, 1.82) is 0 Å². The fourth-order valence-corrected chi connectivity index (χ4v) is 2.80. The zero-order chi connectivity index (χ0) is 12.3. The van der Waals surface area contributed by atoms with Crippen LogP contribution in [0.3, 0.4) is 0 Å². The summed E-state index contributed by atoms with van der Waals surface area (Å²) in [6.45, 7) is 10.3. The number of halogens is 1. The lowest BCUT2D eigenvalue weighted by Crippen LogP contribution is -2.47. The molecule has 4 nitrogen and oxygen atoms in total. The van der Waals surface area contributed by atoms with Crippen molar-refractivity contribution in [3.63, 3.8) is 0 Å². The summed E-state index contributed by atoms with van der Waals surface area (Å²) < 4.78 is 0. The van der Waals surface area contributed by atoms with Gasteiger partial charge < -0.3 is 10.2 Å². The molecule has 106 valence electrons. The summed E-state index contributed by atoms with van der Waals surface area (Å²) >= 11 is 0. The fraction of sp³-hybridized carbons (Fsp3) is 0.923. The minimum absolute atomic E-state index is 0. The number of nitrogens with one attached hydrogen (secondary N) is 1. The van der Waals surface area contributed by atoms with Crippen LogP contribution in [0.15, 0.2) is 0 Å². The molecule has 0 spiro atoms. The Hall–Kier alpha value is -0.320. The average molecular weight is 276 g/mol. The summed E-state index contributed by atoms with van der Waals surface area (Å²) in [6.07, 6.45) is 1.97. The second kappa shape index (κ2) is 7.31. The zero-order valence-electron chi connectivity index (χ0n) is 11.5. The van der Waals surface area contributed by atoms with Crippen molar-refractivity contribution in [2.75, 3.05) is 39.3 Å². The van der Waals surface area contributed by atoms with E-state index in [0.29, 0.717) is 18.4 Å². The van der Waals surface area contributed by atoms with Crippen LogP contribution in [-0.2, 0) is 4.79 Å². The lowest BCUT2D eigenvalue weighted by molar-refractivity contribution is -0.132. The molecule has 0 aromatic rings. The molecule has 1 N–H and O–H groups in total. The minimum Gasteiger partial charge on any atom is -0.340 e. The van der Waals surface area contributed by atoms with E-state index >= 15 is 0 Å². The molecule has 2 atom stereocenters. The molecule has 1 amide bonds. The molecule has 2 aliphatic rings. The second-order valence-electron chi connectivity index (χ2n) is 5.42. The first-order valence-electron chi connectivity index (χ1n) is 6.91. The van der Waals surface area contributed by atoms with E-state index in [2.05, 4.69) is 24.1 Å². The van der Waals surface area contributed by atoms with Gasteiger partial charge in [-0.1, -0.05) is 6.92 Å². The number of carbonyl (C=O) groups is 1. The molecule has 2 heterocycles. The summed E-state index contributed by atoms with van der Waals surface area (Å²) in [6, 6.07) is 0.644. The number of rotatable bonds is 3. The van der Waals surface area contributed by atoms with Crippen LogP contribution in [0.5, 0.6) is 0 Å². The standard InChI is InChI=1S/C13H25N3O.ClH/c1-11-3-7-15(12(11)2)8-4-13(17)16-9-5-14-6-10-16;/h11-12,14H,3-10H2,1-2H3;1H. The monoisotopic (exact) mass is 275 g/mol. The quantitative estimate of drug-likeness (QED) is 0.833. The molecular weight excluding hydrogens is 250 g/mol. The largest absolute Gasteiger partial charge is 0.340 e. The minimum atomic E-state index is 0. The fourth-order valence-electron chi connectivity index (χ4n) is 2.80. The highest BCUT2D eigenvalue weighted by Gasteiger charge is 2.27. The molecule has 2 rings (SSSR count). The van der Waals surface area contributed by atoms with Gasteiger partial charge in [0.2, 0.25) is 5.91 Å². The van der Waals surface area contributed by atoms with Crippen LogP contribution in [0.4, 0.5) is 0 Å². The number of hydrogen-bond acceptors (Lipinski definition) is 3. The zero-order valence-corrected chi connectivity index (χ0v) is 12.3. The Labute approximate surface area is 116 Å². The van der Waals surface area contributed by atoms with E-state index in [9.17, 15) is 4.79 Å². The van der Waals surface area contributed by atoms with Crippen LogP contribution in [0.25, 0.3) is 0 Å². The summed E-state index contributed by atoms with van der Waals surface area (Å²) in [4.78, 5) is 16.5. The SMILES string of the molecule is CC1CCN(CCC(=O)N2CCNCC2)C1C.Cl. The maximum absolute atomic E-state index is 12.0. The van der Waals surface area contributed by atoms with Gasteiger partial charge in [-0.3, -0.25) is 9.69 Å². The van der Waals surface area contributed by atoms with Gasteiger partial charge in [0.25, 0.3) is 0 Å². The Morgan fingerprint density at radius 1 is 1.22 bits per heavy atom. The van der Waals surface area contributed by atoms with Crippen LogP contribution < -0.4 is 5.32 Å². The highest BCUT2D eigenvalue weighted by molar-refractivity contribution is 5.85. The van der Waals surface area contributed by atoms with Crippen LogP contribution >= 0.6 is 12.4 Å². The van der Waals surface area contributed by atoms with Gasteiger partial charge in [-0.15, -0.1) is 12.4 Å². The first-order valence-corrected chi connectivity index (χ1v) is 6.91.